The molecule has 0 aliphatic carbocycles. The molecule has 0 bridgehead atoms. The van der Waals surface area contributed by atoms with Crippen LogP contribution in [0.2, 0.25) is 0 Å². The van der Waals surface area contributed by atoms with Gasteiger partial charge in [-0.3, -0.25) is 0 Å². The van der Waals surface area contributed by atoms with E-state index in [0.717, 1.165) is 19.5 Å². The largest absolute Gasteiger partial charge is 0.392 e. The average molecular weight is 276 g/mol. The second-order valence-corrected chi connectivity index (χ2v) is 7.03. The minimum absolute atomic E-state index is 0.175. The Morgan fingerprint density at radius 1 is 1.35 bits per heavy atom. The highest BCUT2D eigenvalue weighted by Crippen LogP contribution is 2.26. The minimum Gasteiger partial charge on any atom is -0.392 e. The van der Waals surface area contributed by atoms with Crippen LogP contribution in [0.15, 0.2) is 18.2 Å². The lowest BCUT2D eigenvalue weighted by Gasteiger charge is -2.24. The zero-order valence-electron chi connectivity index (χ0n) is 13.0. The van der Waals surface area contributed by atoms with Gasteiger partial charge in [0.15, 0.2) is 0 Å². The summed E-state index contributed by atoms with van der Waals surface area (Å²) in [7, 11) is 0. The lowest BCUT2D eigenvalue weighted by molar-refractivity contribution is 0.119. The van der Waals surface area contributed by atoms with Gasteiger partial charge in [-0.05, 0) is 35.8 Å². The molecule has 1 atom stereocenters. The van der Waals surface area contributed by atoms with Crippen molar-refractivity contribution in [2.75, 3.05) is 18.4 Å². The molecule has 0 aromatic heterocycles. The maximum absolute atomic E-state index is 10.0. The van der Waals surface area contributed by atoms with Gasteiger partial charge >= 0.3 is 0 Å². The second-order valence-electron chi connectivity index (χ2n) is 7.03. The Balaban J connectivity index is 1.86. The normalized spacial score (nSPS) is 16.4. The van der Waals surface area contributed by atoms with E-state index in [1.807, 2.05) is 0 Å². The van der Waals surface area contributed by atoms with Crippen molar-refractivity contribution in [2.24, 2.45) is 5.41 Å². The summed E-state index contributed by atoms with van der Waals surface area (Å²) >= 11 is 0. The smallest absolute Gasteiger partial charge is 0.0669 e. The molecule has 20 heavy (non-hydrogen) atoms. The van der Waals surface area contributed by atoms with E-state index in [2.05, 4.69) is 49.6 Å². The van der Waals surface area contributed by atoms with Gasteiger partial charge < -0.3 is 15.7 Å². The van der Waals surface area contributed by atoms with E-state index in [1.54, 1.807) is 0 Å². The van der Waals surface area contributed by atoms with E-state index in [4.69, 9.17) is 0 Å². The third-order valence-electron chi connectivity index (χ3n) is 3.71. The molecule has 0 radical (unpaired) electrons. The Morgan fingerprint density at radius 2 is 2.15 bits per heavy atom. The maximum atomic E-state index is 10.0. The van der Waals surface area contributed by atoms with Crippen LogP contribution < -0.4 is 10.6 Å². The second kappa shape index (κ2) is 6.59. The number of aryl methyl sites for hydroxylation is 1. The summed E-state index contributed by atoms with van der Waals surface area (Å²) in [5, 5.41) is 16.9. The van der Waals surface area contributed by atoms with Crippen molar-refractivity contribution in [1.29, 1.82) is 0 Å². The summed E-state index contributed by atoms with van der Waals surface area (Å²) in [4.78, 5) is 0. The highest BCUT2D eigenvalue weighted by Gasteiger charge is 2.17. The van der Waals surface area contributed by atoms with Crippen LogP contribution in [0.25, 0.3) is 0 Å². The first kappa shape index (κ1) is 15.3. The van der Waals surface area contributed by atoms with Crippen molar-refractivity contribution < 1.29 is 5.11 Å². The molecule has 1 aliphatic rings. The van der Waals surface area contributed by atoms with E-state index in [0.29, 0.717) is 6.54 Å². The Hall–Kier alpha value is -1.06. The molecular weight excluding hydrogens is 248 g/mol. The van der Waals surface area contributed by atoms with E-state index >= 15 is 0 Å². The van der Waals surface area contributed by atoms with Crippen LogP contribution >= 0.6 is 0 Å². The number of nitrogens with one attached hydrogen (secondary N) is 2. The van der Waals surface area contributed by atoms with Crippen LogP contribution in [0.1, 0.15) is 44.7 Å². The molecule has 1 aromatic rings. The molecule has 1 heterocycles. The van der Waals surface area contributed by atoms with Crippen molar-refractivity contribution in [3.8, 4) is 0 Å². The summed E-state index contributed by atoms with van der Waals surface area (Å²) in [5.74, 6) is 0. The number of rotatable bonds is 5. The number of para-hydroxylation sites is 1. The number of hydrogen-bond donors (Lipinski definition) is 3. The van der Waals surface area contributed by atoms with Crippen LogP contribution in [0, 0.1) is 5.41 Å². The van der Waals surface area contributed by atoms with Gasteiger partial charge in [0.05, 0.1) is 6.10 Å². The molecule has 0 fully saturated rings. The lowest BCUT2D eigenvalue weighted by Crippen LogP contribution is -2.30. The first-order valence-electron chi connectivity index (χ1n) is 7.69. The molecule has 2 rings (SSSR count). The van der Waals surface area contributed by atoms with Gasteiger partial charge in [-0.1, -0.05) is 39.0 Å². The summed E-state index contributed by atoms with van der Waals surface area (Å²) in [6, 6.07) is 6.51. The number of benzene rings is 1. The SMILES string of the molecule is CC(C)(C)CC(O)CNCc1cccc2c1NCCC2. The zero-order valence-corrected chi connectivity index (χ0v) is 13.0. The van der Waals surface area contributed by atoms with Crippen molar-refractivity contribution in [3.05, 3.63) is 29.3 Å². The van der Waals surface area contributed by atoms with Crippen molar-refractivity contribution in [2.45, 2.75) is 52.7 Å². The summed E-state index contributed by atoms with van der Waals surface area (Å²) in [5.41, 5.74) is 4.21. The van der Waals surface area contributed by atoms with Crippen LogP contribution in [0.4, 0.5) is 5.69 Å². The lowest BCUT2D eigenvalue weighted by atomic mass is 9.89. The van der Waals surface area contributed by atoms with Crippen molar-refractivity contribution >= 4 is 5.69 Å². The Kier molecular flexibility index (Phi) is 5.06. The molecule has 1 unspecified atom stereocenters. The molecule has 0 saturated heterocycles. The number of aliphatic hydroxyl groups excluding tert-OH is 1. The third kappa shape index (κ3) is 4.50. The summed E-state index contributed by atoms with van der Waals surface area (Å²) in [6.45, 7) is 9.02. The van der Waals surface area contributed by atoms with Crippen LogP contribution in [-0.2, 0) is 13.0 Å². The van der Waals surface area contributed by atoms with E-state index in [1.165, 1.54) is 29.7 Å². The predicted molar refractivity (Wildman–Crippen MR) is 85.0 cm³/mol. The molecule has 0 saturated carbocycles. The van der Waals surface area contributed by atoms with E-state index in [9.17, 15) is 5.11 Å². The fourth-order valence-corrected chi connectivity index (χ4v) is 2.88. The third-order valence-corrected chi connectivity index (χ3v) is 3.71. The fraction of sp³-hybridized carbons (Fsp3) is 0.647. The maximum Gasteiger partial charge on any atom is 0.0669 e. The molecule has 112 valence electrons. The number of hydrogen-bond acceptors (Lipinski definition) is 3. The number of aliphatic hydroxyl groups is 1. The van der Waals surface area contributed by atoms with Crippen molar-refractivity contribution in [1.82, 2.24) is 5.32 Å². The first-order valence-corrected chi connectivity index (χ1v) is 7.69. The standard InChI is InChI=1S/C17H28N2O/c1-17(2,3)10-15(20)12-18-11-14-7-4-6-13-8-5-9-19-16(13)14/h4,6-7,15,18-20H,5,8-12H2,1-3H3. The quantitative estimate of drug-likeness (QED) is 0.775. The van der Waals surface area contributed by atoms with Gasteiger partial charge in [0, 0.05) is 25.3 Å². The van der Waals surface area contributed by atoms with E-state index in [-0.39, 0.29) is 11.5 Å². The minimum atomic E-state index is -0.275. The van der Waals surface area contributed by atoms with Crippen LogP contribution in [0.5, 0.6) is 0 Å². The Morgan fingerprint density at radius 3 is 2.90 bits per heavy atom. The molecule has 0 spiro atoms. The van der Waals surface area contributed by atoms with Gasteiger partial charge in [0.25, 0.3) is 0 Å². The fourth-order valence-electron chi connectivity index (χ4n) is 2.88. The molecule has 1 aromatic carbocycles. The van der Waals surface area contributed by atoms with Gasteiger partial charge in [-0.2, -0.15) is 0 Å². The number of anilines is 1. The molecule has 3 nitrogen and oxygen atoms in total. The summed E-state index contributed by atoms with van der Waals surface area (Å²) < 4.78 is 0. The van der Waals surface area contributed by atoms with Gasteiger partial charge in [0.2, 0.25) is 0 Å². The van der Waals surface area contributed by atoms with Crippen LogP contribution in [0.3, 0.4) is 0 Å². The molecule has 3 heteroatoms. The van der Waals surface area contributed by atoms with Gasteiger partial charge in [-0.25, -0.2) is 0 Å². The average Bonchev–Trinajstić information content (AvgIpc) is 2.37. The Bertz CT molecular complexity index is 437. The number of fused-ring (bicyclic) bond motifs is 1. The topological polar surface area (TPSA) is 44.3 Å². The van der Waals surface area contributed by atoms with E-state index < -0.39 is 0 Å². The van der Waals surface area contributed by atoms with Gasteiger partial charge in [-0.15, -0.1) is 0 Å². The predicted octanol–water partition coefficient (Wildman–Crippen LogP) is 2.93. The molecule has 1 aliphatic heterocycles. The molecule has 0 amide bonds. The first-order chi connectivity index (χ1) is 9.46. The Labute approximate surface area is 122 Å². The highest BCUT2D eigenvalue weighted by molar-refractivity contribution is 5.59. The monoisotopic (exact) mass is 276 g/mol. The highest BCUT2D eigenvalue weighted by atomic mass is 16.3. The van der Waals surface area contributed by atoms with Crippen LogP contribution in [-0.4, -0.2) is 24.3 Å². The molecule has 3 N–H and O–H groups in total. The molecular formula is C17H28N2O. The van der Waals surface area contributed by atoms with Crippen molar-refractivity contribution in [3.63, 3.8) is 0 Å². The van der Waals surface area contributed by atoms with Gasteiger partial charge in [0.1, 0.15) is 0 Å². The summed E-state index contributed by atoms with van der Waals surface area (Å²) in [6.07, 6.45) is 2.93. The zero-order chi connectivity index (χ0) is 14.6.